The number of rotatable bonds is 6. The quantitative estimate of drug-likeness (QED) is 0.408. The molecular formula is C15H21N5O6. The van der Waals surface area contributed by atoms with Crippen molar-refractivity contribution in [1.29, 1.82) is 0 Å². The average molecular weight is 367 g/mol. The number of nitro groups is 1. The van der Waals surface area contributed by atoms with Gasteiger partial charge in [-0.05, 0) is 29.2 Å². The molecule has 0 spiro atoms. The Labute approximate surface area is 147 Å². The van der Waals surface area contributed by atoms with Crippen LogP contribution in [0, 0.1) is 10.1 Å². The molecule has 2 aromatic rings. The highest BCUT2D eigenvalue weighted by atomic mass is 16.7. The molecule has 3 rings (SSSR count). The molecule has 1 aliphatic heterocycles. The maximum atomic E-state index is 12.5. The predicted molar refractivity (Wildman–Crippen MR) is 91.0 cm³/mol. The Morgan fingerprint density at radius 3 is 2.73 bits per heavy atom. The van der Waals surface area contributed by atoms with Gasteiger partial charge in [-0.1, -0.05) is 0 Å². The molecule has 26 heavy (non-hydrogen) atoms. The van der Waals surface area contributed by atoms with Gasteiger partial charge in [0.05, 0.1) is 13.2 Å². The van der Waals surface area contributed by atoms with Crippen molar-refractivity contribution in [3.63, 3.8) is 0 Å². The highest BCUT2D eigenvalue weighted by Crippen LogP contribution is 2.19. The van der Waals surface area contributed by atoms with Gasteiger partial charge in [0, 0.05) is 27.1 Å². The summed E-state index contributed by atoms with van der Waals surface area (Å²) in [4.78, 5) is 39.0. The number of imidazole rings is 1. The second-order valence-corrected chi connectivity index (χ2v) is 6.22. The predicted octanol–water partition coefficient (Wildman–Crippen LogP) is 0.275. The minimum Gasteiger partial charge on any atom is -0.390 e. The minimum atomic E-state index is -0.658. The number of aromatic nitrogens is 4. The fourth-order valence-electron chi connectivity index (χ4n) is 3.07. The van der Waals surface area contributed by atoms with Gasteiger partial charge in [0.25, 0.3) is 11.2 Å². The fraction of sp³-hybridized carbons (Fsp3) is 0.667. The lowest BCUT2D eigenvalue weighted by Gasteiger charge is -2.22. The third kappa shape index (κ3) is 3.27. The van der Waals surface area contributed by atoms with Gasteiger partial charge >= 0.3 is 11.6 Å². The van der Waals surface area contributed by atoms with E-state index in [1.165, 1.54) is 18.7 Å². The molecule has 0 saturated carbocycles. The summed E-state index contributed by atoms with van der Waals surface area (Å²) in [5.74, 6) is -0.466. The zero-order chi connectivity index (χ0) is 18.8. The van der Waals surface area contributed by atoms with Crippen LogP contribution in [-0.4, -0.2) is 43.1 Å². The van der Waals surface area contributed by atoms with Crippen LogP contribution in [0.3, 0.4) is 0 Å². The summed E-state index contributed by atoms with van der Waals surface area (Å²) < 4.78 is 14.4. The zero-order valence-electron chi connectivity index (χ0n) is 14.7. The summed E-state index contributed by atoms with van der Waals surface area (Å²) in [7, 11) is 2.76. The van der Waals surface area contributed by atoms with Crippen LogP contribution in [0.5, 0.6) is 0 Å². The highest BCUT2D eigenvalue weighted by molar-refractivity contribution is 5.72. The molecule has 0 radical (unpaired) electrons. The molecule has 1 saturated heterocycles. The molecule has 1 fully saturated rings. The van der Waals surface area contributed by atoms with E-state index in [-0.39, 0.29) is 24.0 Å². The molecule has 2 aromatic heterocycles. The topological polar surface area (TPSA) is 123 Å². The molecule has 0 N–H and O–H groups in total. The van der Waals surface area contributed by atoms with Crippen molar-refractivity contribution in [2.75, 3.05) is 13.2 Å². The summed E-state index contributed by atoms with van der Waals surface area (Å²) >= 11 is 0. The summed E-state index contributed by atoms with van der Waals surface area (Å²) in [6.07, 6.45) is 3.10. The Morgan fingerprint density at radius 1 is 1.31 bits per heavy atom. The summed E-state index contributed by atoms with van der Waals surface area (Å²) in [6.45, 7) is 1.19. The molecule has 11 nitrogen and oxygen atoms in total. The Balaban J connectivity index is 1.86. The van der Waals surface area contributed by atoms with E-state index >= 15 is 0 Å². The number of ether oxygens (including phenoxy) is 2. The van der Waals surface area contributed by atoms with Crippen molar-refractivity contribution in [3.8, 4) is 0 Å². The Morgan fingerprint density at radius 2 is 2.08 bits per heavy atom. The van der Waals surface area contributed by atoms with Gasteiger partial charge in [-0.2, -0.15) is 0 Å². The maximum absolute atomic E-state index is 12.5. The molecule has 11 heteroatoms. The molecule has 1 unspecified atom stereocenters. The van der Waals surface area contributed by atoms with Crippen molar-refractivity contribution in [1.82, 2.24) is 18.7 Å². The van der Waals surface area contributed by atoms with Crippen molar-refractivity contribution in [3.05, 3.63) is 31.0 Å². The first-order chi connectivity index (χ1) is 12.4. The fourth-order valence-corrected chi connectivity index (χ4v) is 3.07. The van der Waals surface area contributed by atoms with Crippen LogP contribution in [0.2, 0.25) is 0 Å². The van der Waals surface area contributed by atoms with Crippen LogP contribution in [0.1, 0.15) is 25.7 Å². The normalized spacial score (nSPS) is 17.7. The average Bonchev–Trinajstić information content (AvgIpc) is 3.02. The van der Waals surface area contributed by atoms with Gasteiger partial charge < -0.3 is 19.6 Å². The van der Waals surface area contributed by atoms with E-state index in [2.05, 4.69) is 4.98 Å². The molecule has 1 aliphatic rings. The van der Waals surface area contributed by atoms with E-state index in [0.717, 1.165) is 28.4 Å². The number of nitrogens with zero attached hydrogens (tertiary/aromatic N) is 5. The third-order valence-electron chi connectivity index (χ3n) is 4.46. The number of aryl methyl sites for hydroxylation is 2. The molecule has 1 atom stereocenters. The van der Waals surface area contributed by atoms with Crippen molar-refractivity contribution >= 4 is 17.1 Å². The Bertz CT molecular complexity index is 937. The summed E-state index contributed by atoms with van der Waals surface area (Å²) in [6, 6.07) is 0. The van der Waals surface area contributed by atoms with E-state index in [1.54, 1.807) is 0 Å². The van der Waals surface area contributed by atoms with Gasteiger partial charge in [-0.25, -0.2) is 9.36 Å². The standard InChI is InChI=1S/C15H21N5O6/c1-17-12-11(13(21)18(2)15(17)22)19(14(16-12)20(23)24)7-5-9-26-10-6-3-4-8-25-10/h10H,3-9H2,1-2H3. The lowest BCUT2D eigenvalue weighted by molar-refractivity contribution is -0.396. The lowest BCUT2D eigenvalue weighted by atomic mass is 10.2. The summed E-state index contributed by atoms with van der Waals surface area (Å²) in [5, 5.41) is 11.3. The van der Waals surface area contributed by atoms with Crippen molar-refractivity contribution in [2.45, 2.75) is 38.5 Å². The first kappa shape index (κ1) is 18.3. The van der Waals surface area contributed by atoms with E-state index in [1.807, 2.05) is 0 Å². The van der Waals surface area contributed by atoms with Gasteiger partial charge in [0.15, 0.2) is 6.29 Å². The molecule has 0 bridgehead atoms. The second-order valence-electron chi connectivity index (χ2n) is 6.22. The van der Waals surface area contributed by atoms with E-state index in [0.29, 0.717) is 19.6 Å². The van der Waals surface area contributed by atoms with Crippen LogP contribution in [0.15, 0.2) is 9.59 Å². The third-order valence-corrected chi connectivity index (χ3v) is 4.46. The molecular weight excluding hydrogens is 346 g/mol. The van der Waals surface area contributed by atoms with E-state index in [4.69, 9.17) is 9.47 Å². The molecule has 142 valence electrons. The van der Waals surface area contributed by atoms with Gasteiger partial charge in [-0.15, -0.1) is 0 Å². The maximum Gasteiger partial charge on any atom is 0.437 e. The number of hydrogen-bond acceptors (Lipinski definition) is 7. The van der Waals surface area contributed by atoms with Crippen LogP contribution < -0.4 is 11.2 Å². The number of fused-ring (bicyclic) bond motifs is 1. The number of hydrogen-bond donors (Lipinski definition) is 0. The first-order valence-electron chi connectivity index (χ1n) is 8.45. The van der Waals surface area contributed by atoms with Gasteiger partial charge in [0.2, 0.25) is 5.52 Å². The largest absolute Gasteiger partial charge is 0.437 e. The molecule has 0 aromatic carbocycles. The molecule has 3 heterocycles. The van der Waals surface area contributed by atoms with E-state index in [9.17, 15) is 19.7 Å². The summed E-state index contributed by atoms with van der Waals surface area (Å²) in [5.41, 5.74) is -1.16. The van der Waals surface area contributed by atoms with Crippen LogP contribution in [0.4, 0.5) is 5.95 Å². The van der Waals surface area contributed by atoms with Crippen LogP contribution >= 0.6 is 0 Å². The first-order valence-corrected chi connectivity index (χ1v) is 8.45. The molecule has 0 amide bonds. The monoisotopic (exact) mass is 367 g/mol. The minimum absolute atomic E-state index is 0.00123. The smallest absolute Gasteiger partial charge is 0.390 e. The lowest BCUT2D eigenvalue weighted by Crippen LogP contribution is -2.37. The SMILES string of the molecule is Cn1c(=O)c2c(nc([N+](=O)[O-])n2CCCOC2CCCCO2)n(C)c1=O. The molecule has 0 aliphatic carbocycles. The van der Waals surface area contributed by atoms with Crippen LogP contribution in [0.25, 0.3) is 11.2 Å². The van der Waals surface area contributed by atoms with Crippen molar-refractivity contribution in [2.24, 2.45) is 14.1 Å². The van der Waals surface area contributed by atoms with Crippen molar-refractivity contribution < 1.29 is 14.4 Å². The van der Waals surface area contributed by atoms with E-state index < -0.39 is 22.1 Å². The van der Waals surface area contributed by atoms with Gasteiger partial charge in [0.1, 0.15) is 0 Å². The Kier molecular flexibility index (Phi) is 5.18. The Hall–Kier alpha value is -2.53. The van der Waals surface area contributed by atoms with Gasteiger partial charge in [-0.3, -0.25) is 13.9 Å². The highest BCUT2D eigenvalue weighted by Gasteiger charge is 2.27. The zero-order valence-corrected chi connectivity index (χ0v) is 14.7. The second kappa shape index (κ2) is 7.38. The van der Waals surface area contributed by atoms with Crippen LogP contribution in [-0.2, 0) is 30.1 Å².